The van der Waals surface area contributed by atoms with Gasteiger partial charge in [-0.05, 0) is 19.1 Å². The van der Waals surface area contributed by atoms with Crippen LogP contribution in [0.25, 0.3) is 0 Å². The van der Waals surface area contributed by atoms with E-state index >= 15 is 0 Å². The number of nitrogens with zero attached hydrogens (tertiary/aromatic N) is 1. The van der Waals surface area contributed by atoms with Gasteiger partial charge in [0.05, 0.1) is 6.61 Å². The Labute approximate surface area is 84.9 Å². The molecule has 0 aromatic heterocycles. The summed E-state index contributed by atoms with van der Waals surface area (Å²) in [5.41, 5.74) is 1.13. The largest absolute Gasteiger partial charge is 0.493 e. The van der Waals surface area contributed by atoms with Crippen molar-refractivity contribution in [1.82, 2.24) is 0 Å². The molecule has 0 N–H and O–H groups in total. The summed E-state index contributed by atoms with van der Waals surface area (Å²) in [5, 5.41) is 0. The summed E-state index contributed by atoms with van der Waals surface area (Å²) in [6, 6.07) is 5.96. The maximum absolute atomic E-state index is 5.42. The molecule has 3 heteroatoms. The Morgan fingerprint density at radius 2 is 2.08 bits per heavy atom. The molecule has 13 heavy (non-hydrogen) atoms. The number of rotatable bonds is 3. The third-order valence-corrected chi connectivity index (χ3v) is 2.13. The highest BCUT2D eigenvalue weighted by Crippen LogP contribution is 2.27. The molecule has 0 amide bonds. The topological polar surface area (TPSA) is 12.5 Å². The quantitative estimate of drug-likeness (QED) is 0.747. The van der Waals surface area contributed by atoms with Gasteiger partial charge in [-0.1, -0.05) is 0 Å². The molecule has 0 aliphatic heterocycles. The van der Waals surface area contributed by atoms with E-state index in [1.807, 2.05) is 44.1 Å². The Morgan fingerprint density at radius 3 is 2.62 bits per heavy atom. The van der Waals surface area contributed by atoms with Crippen molar-refractivity contribution in [2.45, 2.75) is 11.8 Å². The molecule has 1 aromatic carbocycles. The fourth-order valence-electron chi connectivity index (χ4n) is 1.05. The van der Waals surface area contributed by atoms with Crippen molar-refractivity contribution in [2.24, 2.45) is 0 Å². The molecule has 0 aliphatic carbocycles. The SMILES string of the molecule is CCOc1cc(N(C)C)ccc1S. The fourth-order valence-corrected chi connectivity index (χ4v) is 1.26. The lowest BCUT2D eigenvalue weighted by atomic mass is 10.3. The van der Waals surface area contributed by atoms with Crippen molar-refractivity contribution in [3.05, 3.63) is 18.2 Å². The van der Waals surface area contributed by atoms with Crippen LogP contribution in [0.15, 0.2) is 23.1 Å². The summed E-state index contributed by atoms with van der Waals surface area (Å²) in [7, 11) is 4.01. The van der Waals surface area contributed by atoms with Crippen LogP contribution in [0.1, 0.15) is 6.92 Å². The highest BCUT2D eigenvalue weighted by molar-refractivity contribution is 7.80. The van der Waals surface area contributed by atoms with Gasteiger partial charge < -0.3 is 9.64 Å². The second-order valence-electron chi connectivity index (χ2n) is 2.98. The van der Waals surface area contributed by atoms with Crippen molar-refractivity contribution in [3.8, 4) is 5.75 Å². The van der Waals surface area contributed by atoms with E-state index in [0.717, 1.165) is 16.3 Å². The van der Waals surface area contributed by atoms with Gasteiger partial charge in [-0.25, -0.2) is 0 Å². The van der Waals surface area contributed by atoms with E-state index in [1.54, 1.807) is 0 Å². The first kappa shape index (κ1) is 10.3. The summed E-state index contributed by atoms with van der Waals surface area (Å²) in [5.74, 6) is 0.844. The highest BCUT2D eigenvalue weighted by Gasteiger charge is 2.02. The maximum atomic E-state index is 5.42. The Morgan fingerprint density at radius 1 is 1.38 bits per heavy atom. The van der Waals surface area contributed by atoms with E-state index < -0.39 is 0 Å². The molecule has 0 spiro atoms. The third-order valence-electron chi connectivity index (χ3n) is 1.76. The van der Waals surface area contributed by atoms with Crippen molar-refractivity contribution in [2.75, 3.05) is 25.6 Å². The predicted octanol–water partition coefficient (Wildman–Crippen LogP) is 2.44. The molecule has 0 unspecified atom stereocenters. The molecule has 1 aromatic rings. The number of hydrogen-bond acceptors (Lipinski definition) is 3. The molecular weight excluding hydrogens is 182 g/mol. The van der Waals surface area contributed by atoms with Gasteiger partial charge in [-0.15, -0.1) is 12.6 Å². The Bertz CT molecular complexity index is 286. The summed E-state index contributed by atoms with van der Waals surface area (Å²) >= 11 is 4.30. The van der Waals surface area contributed by atoms with E-state index in [2.05, 4.69) is 12.6 Å². The minimum atomic E-state index is 0.671. The Balaban J connectivity index is 2.97. The van der Waals surface area contributed by atoms with Gasteiger partial charge in [0, 0.05) is 30.7 Å². The number of thiol groups is 1. The van der Waals surface area contributed by atoms with Gasteiger partial charge in [0.2, 0.25) is 0 Å². The zero-order valence-electron chi connectivity index (χ0n) is 8.24. The van der Waals surface area contributed by atoms with Crippen molar-refractivity contribution in [3.63, 3.8) is 0 Å². The normalized spacial score (nSPS) is 9.85. The number of hydrogen-bond donors (Lipinski definition) is 1. The summed E-state index contributed by atoms with van der Waals surface area (Å²) in [6.45, 7) is 2.64. The average Bonchev–Trinajstić information content (AvgIpc) is 2.08. The first-order valence-electron chi connectivity index (χ1n) is 4.28. The minimum Gasteiger partial charge on any atom is -0.493 e. The first-order chi connectivity index (χ1) is 6.15. The van der Waals surface area contributed by atoms with Gasteiger partial charge in [0.15, 0.2) is 0 Å². The molecule has 0 fully saturated rings. The van der Waals surface area contributed by atoms with Crippen LogP contribution >= 0.6 is 12.6 Å². The molecule has 72 valence electrons. The smallest absolute Gasteiger partial charge is 0.134 e. The van der Waals surface area contributed by atoms with Gasteiger partial charge in [-0.2, -0.15) is 0 Å². The van der Waals surface area contributed by atoms with Crippen LogP contribution < -0.4 is 9.64 Å². The van der Waals surface area contributed by atoms with Crippen LogP contribution in [0.4, 0.5) is 5.69 Å². The molecule has 0 bridgehead atoms. The number of ether oxygens (including phenoxy) is 1. The highest BCUT2D eigenvalue weighted by atomic mass is 32.1. The Hall–Kier alpha value is -0.830. The number of benzene rings is 1. The van der Waals surface area contributed by atoms with Crippen molar-refractivity contribution < 1.29 is 4.74 Å². The molecule has 0 radical (unpaired) electrons. The van der Waals surface area contributed by atoms with Crippen LogP contribution in [-0.4, -0.2) is 20.7 Å². The van der Waals surface area contributed by atoms with Gasteiger partial charge in [0.25, 0.3) is 0 Å². The molecule has 0 heterocycles. The van der Waals surface area contributed by atoms with Gasteiger partial charge in [0.1, 0.15) is 5.75 Å². The molecule has 0 atom stereocenters. The first-order valence-corrected chi connectivity index (χ1v) is 4.73. The van der Waals surface area contributed by atoms with E-state index in [0.29, 0.717) is 6.61 Å². The minimum absolute atomic E-state index is 0.671. The van der Waals surface area contributed by atoms with Gasteiger partial charge in [-0.3, -0.25) is 0 Å². The van der Waals surface area contributed by atoms with Crippen molar-refractivity contribution >= 4 is 18.3 Å². The zero-order valence-corrected chi connectivity index (χ0v) is 9.14. The summed E-state index contributed by atoms with van der Waals surface area (Å²) in [6.07, 6.45) is 0. The monoisotopic (exact) mass is 197 g/mol. The van der Waals surface area contributed by atoms with Crippen LogP contribution in [0, 0.1) is 0 Å². The van der Waals surface area contributed by atoms with Crippen molar-refractivity contribution in [1.29, 1.82) is 0 Å². The molecule has 0 saturated heterocycles. The average molecular weight is 197 g/mol. The van der Waals surface area contributed by atoms with E-state index in [4.69, 9.17) is 4.74 Å². The van der Waals surface area contributed by atoms with Crippen LogP contribution in [-0.2, 0) is 0 Å². The molecule has 1 rings (SSSR count). The molecular formula is C10H15NOS. The van der Waals surface area contributed by atoms with Crippen LogP contribution in [0.3, 0.4) is 0 Å². The summed E-state index contributed by atoms with van der Waals surface area (Å²) < 4.78 is 5.42. The molecule has 0 saturated carbocycles. The third kappa shape index (κ3) is 2.56. The van der Waals surface area contributed by atoms with E-state index in [1.165, 1.54) is 0 Å². The second kappa shape index (κ2) is 4.42. The fraction of sp³-hybridized carbons (Fsp3) is 0.400. The van der Waals surface area contributed by atoms with E-state index in [-0.39, 0.29) is 0 Å². The van der Waals surface area contributed by atoms with E-state index in [9.17, 15) is 0 Å². The standard InChI is InChI=1S/C10H15NOS/c1-4-12-9-7-8(11(2)3)5-6-10(9)13/h5-7,13H,4H2,1-3H3. The lowest BCUT2D eigenvalue weighted by Crippen LogP contribution is -2.08. The van der Waals surface area contributed by atoms with Gasteiger partial charge >= 0.3 is 0 Å². The second-order valence-corrected chi connectivity index (χ2v) is 3.46. The lowest BCUT2D eigenvalue weighted by Gasteiger charge is -2.14. The summed E-state index contributed by atoms with van der Waals surface area (Å²) in [4.78, 5) is 2.92. The van der Waals surface area contributed by atoms with Crippen LogP contribution in [0.5, 0.6) is 5.75 Å². The molecule has 0 aliphatic rings. The number of anilines is 1. The maximum Gasteiger partial charge on any atom is 0.134 e. The Kier molecular flexibility index (Phi) is 3.48. The zero-order chi connectivity index (χ0) is 9.84. The molecule has 2 nitrogen and oxygen atoms in total. The predicted molar refractivity (Wildman–Crippen MR) is 59.2 cm³/mol. The van der Waals surface area contributed by atoms with Crippen LogP contribution in [0.2, 0.25) is 0 Å². The lowest BCUT2D eigenvalue weighted by molar-refractivity contribution is 0.332.